The molecule has 0 aromatic heterocycles. The van der Waals surface area contributed by atoms with Crippen LogP contribution in [-0.2, 0) is 21.4 Å². The summed E-state index contributed by atoms with van der Waals surface area (Å²) in [6.07, 6.45) is 7.78. The molecule has 0 radical (unpaired) electrons. The van der Waals surface area contributed by atoms with Crippen molar-refractivity contribution in [2.45, 2.75) is 57.5 Å². The van der Waals surface area contributed by atoms with Gasteiger partial charge in [-0.2, -0.15) is 4.31 Å². The van der Waals surface area contributed by atoms with E-state index >= 15 is 0 Å². The van der Waals surface area contributed by atoms with Gasteiger partial charge in [0.05, 0.1) is 6.26 Å². The molecule has 2 rings (SSSR count). The lowest BCUT2D eigenvalue weighted by molar-refractivity contribution is -0.130. The van der Waals surface area contributed by atoms with Gasteiger partial charge in [-0.25, -0.2) is 8.42 Å². The first-order chi connectivity index (χ1) is 11.9. The largest absolute Gasteiger partial charge is 0.341 e. The van der Waals surface area contributed by atoms with Crippen LogP contribution in [0.1, 0.15) is 50.5 Å². The van der Waals surface area contributed by atoms with Crippen molar-refractivity contribution >= 4 is 15.9 Å². The Labute approximate surface area is 152 Å². The van der Waals surface area contributed by atoms with Crippen molar-refractivity contribution in [1.82, 2.24) is 9.21 Å². The smallest absolute Gasteiger partial charge is 0.223 e. The van der Waals surface area contributed by atoms with Crippen LogP contribution in [-0.4, -0.2) is 49.4 Å². The van der Waals surface area contributed by atoms with Gasteiger partial charge in [-0.05, 0) is 18.4 Å². The van der Waals surface area contributed by atoms with E-state index in [-0.39, 0.29) is 24.9 Å². The van der Waals surface area contributed by atoms with Crippen LogP contribution >= 0.6 is 0 Å². The molecule has 0 spiro atoms. The number of amides is 1. The molecule has 0 bridgehead atoms. The summed E-state index contributed by atoms with van der Waals surface area (Å²) in [4.78, 5) is 14.1. The minimum absolute atomic E-state index is 0.0221. The number of nitrogens with zero attached hydrogens (tertiary/aromatic N) is 2. The summed E-state index contributed by atoms with van der Waals surface area (Å²) >= 11 is 0. The molecular formula is C19H30N2O3S. The highest BCUT2D eigenvalue weighted by Crippen LogP contribution is 2.24. The van der Waals surface area contributed by atoms with Crippen molar-refractivity contribution in [3.8, 4) is 0 Å². The maximum atomic E-state index is 12.4. The summed E-state index contributed by atoms with van der Waals surface area (Å²) < 4.78 is 26.0. The molecular weight excluding hydrogens is 336 g/mol. The molecule has 0 unspecified atom stereocenters. The van der Waals surface area contributed by atoms with Crippen molar-refractivity contribution in [3.63, 3.8) is 0 Å². The number of carbonyl (C=O) groups is 1. The van der Waals surface area contributed by atoms with Gasteiger partial charge in [-0.15, -0.1) is 0 Å². The Morgan fingerprint density at radius 1 is 1.08 bits per heavy atom. The first-order valence-corrected chi connectivity index (χ1v) is 11.0. The normalized spacial score (nSPS) is 16.6. The number of benzene rings is 1. The van der Waals surface area contributed by atoms with Crippen molar-refractivity contribution in [1.29, 1.82) is 0 Å². The van der Waals surface area contributed by atoms with Crippen LogP contribution in [0.2, 0.25) is 0 Å². The molecule has 1 aromatic rings. The molecule has 1 saturated carbocycles. The van der Waals surface area contributed by atoms with Gasteiger partial charge < -0.3 is 4.90 Å². The van der Waals surface area contributed by atoms with Crippen LogP contribution in [0.15, 0.2) is 30.3 Å². The molecule has 0 N–H and O–H groups in total. The molecule has 6 heteroatoms. The number of rotatable bonds is 7. The standard InChI is InChI=1S/C19H30N2O3S/c1-20(16-17-10-6-5-7-11-17)19(22)14-15-21(25(2,23)24)18-12-8-3-4-9-13-18/h5-7,10-11,18H,3-4,8-9,12-16H2,1-2H3. The van der Waals surface area contributed by atoms with Crippen LogP contribution in [0.4, 0.5) is 0 Å². The number of sulfonamides is 1. The average Bonchev–Trinajstić information content (AvgIpc) is 2.83. The fraction of sp³-hybridized carbons (Fsp3) is 0.632. The van der Waals surface area contributed by atoms with E-state index in [1.807, 2.05) is 30.3 Å². The minimum Gasteiger partial charge on any atom is -0.341 e. The van der Waals surface area contributed by atoms with E-state index < -0.39 is 10.0 Å². The summed E-state index contributed by atoms with van der Waals surface area (Å²) in [6.45, 7) is 0.823. The molecule has 1 aliphatic rings. The van der Waals surface area contributed by atoms with Crippen LogP contribution in [0.25, 0.3) is 0 Å². The van der Waals surface area contributed by atoms with Crippen molar-refractivity contribution < 1.29 is 13.2 Å². The Hall–Kier alpha value is -1.40. The van der Waals surface area contributed by atoms with E-state index in [0.29, 0.717) is 6.54 Å². The Morgan fingerprint density at radius 3 is 2.24 bits per heavy atom. The maximum Gasteiger partial charge on any atom is 0.223 e. The van der Waals surface area contributed by atoms with Crippen molar-refractivity contribution in [2.75, 3.05) is 19.8 Å². The van der Waals surface area contributed by atoms with Crippen LogP contribution in [0.5, 0.6) is 0 Å². The topological polar surface area (TPSA) is 57.7 Å². The highest BCUT2D eigenvalue weighted by molar-refractivity contribution is 7.88. The van der Waals surface area contributed by atoms with E-state index in [9.17, 15) is 13.2 Å². The SMILES string of the molecule is CN(Cc1ccccc1)C(=O)CCN(C1CCCCCC1)S(C)(=O)=O. The Balaban J connectivity index is 1.93. The number of hydrogen-bond acceptors (Lipinski definition) is 3. The molecule has 0 atom stereocenters. The van der Waals surface area contributed by atoms with E-state index in [4.69, 9.17) is 0 Å². The predicted molar refractivity (Wildman–Crippen MR) is 101 cm³/mol. The van der Waals surface area contributed by atoms with Crippen molar-refractivity contribution in [3.05, 3.63) is 35.9 Å². The zero-order valence-electron chi connectivity index (χ0n) is 15.4. The lowest BCUT2D eigenvalue weighted by atomic mass is 10.1. The second-order valence-corrected chi connectivity index (χ2v) is 8.94. The lowest BCUT2D eigenvalue weighted by Crippen LogP contribution is -2.41. The third kappa shape index (κ3) is 6.44. The van der Waals surface area contributed by atoms with Gasteiger partial charge in [0, 0.05) is 32.6 Å². The van der Waals surface area contributed by atoms with E-state index in [0.717, 1.165) is 31.2 Å². The fourth-order valence-corrected chi connectivity index (χ4v) is 4.68. The molecule has 0 heterocycles. The summed E-state index contributed by atoms with van der Waals surface area (Å²) in [5.74, 6) is -0.0221. The van der Waals surface area contributed by atoms with Crippen molar-refractivity contribution in [2.24, 2.45) is 0 Å². The second kappa shape index (κ2) is 9.34. The zero-order chi connectivity index (χ0) is 18.3. The maximum absolute atomic E-state index is 12.4. The molecule has 140 valence electrons. The van der Waals surface area contributed by atoms with Gasteiger partial charge in [0.15, 0.2) is 0 Å². The third-order valence-corrected chi connectivity index (χ3v) is 6.23. The molecule has 1 amide bonds. The van der Waals surface area contributed by atoms with E-state index in [2.05, 4.69) is 0 Å². The Morgan fingerprint density at radius 2 is 1.68 bits per heavy atom. The lowest BCUT2D eigenvalue weighted by Gasteiger charge is -2.29. The zero-order valence-corrected chi connectivity index (χ0v) is 16.2. The Kier molecular flexibility index (Phi) is 7.44. The first-order valence-electron chi connectivity index (χ1n) is 9.12. The van der Waals surface area contributed by atoms with Gasteiger partial charge in [-0.1, -0.05) is 56.0 Å². The average molecular weight is 367 g/mol. The molecule has 25 heavy (non-hydrogen) atoms. The monoisotopic (exact) mass is 366 g/mol. The summed E-state index contributed by atoms with van der Waals surface area (Å²) in [5, 5.41) is 0. The van der Waals surface area contributed by atoms with Gasteiger partial charge in [0.1, 0.15) is 0 Å². The number of carbonyl (C=O) groups excluding carboxylic acids is 1. The predicted octanol–water partition coefficient (Wildman–Crippen LogP) is 3.02. The highest BCUT2D eigenvalue weighted by atomic mass is 32.2. The molecule has 1 fully saturated rings. The van der Waals surface area contributed by atoms with Crippen LogP contribution < -0.4 is 0 Å². The quantitative estimate of drug-likeness (QED) is 0.697. The highest BCUT2D eigenvalue weighted by Gasteiger charge is 2.28. The van der Waals surface area contributed by atoms with Crippen LogP contribution in [0.3, 0.4) is 0 Å². The minimum atomic E-state index is -3.30. The van der Waals surface area contributed by atoms with Crippen LogP contribution in [0, 0.1) is 0 Å². The van der Waals surface area contributed by atoms with E-state index in [1.54, 1.807) is 16.3 Å². The number of hydrogen-bond donors (Lipinski definition) is 0. The molecule has 0 aliphatic heterocycles. The van der Waals surface area contributed by atoms with Gasteiger partial charge in [0.2, 0.25) is 15.9 Å². The molecule has 1 aliphatic carbocycles. The summed E-state index contributed by atoms with van der Waals surface area (Å²) in [6, 6.07) is 9.86. The molecule has 0 saturated heterocycles. The fourth-order valence-electron chi connectivity index (χ4n) is 3.51. The third-order valence-electron chi connectivity index (χ3n) is 4.89. The molecule has 1 aromatic carbocycles. The van der Waals surface area contributed by atoms with Gasteiger partial charge in [0.25, 0.3) is 0 Å². The van der Waals surface area contributed by atoms with E-state index in [1.165, 1.54) is 19.1 Å². The summed E-state index contributed by atoms with van der Waals surface area (Å²) in [5.41, 5.74) is 1.07. The Bertz CT molecular complexity index is 638. The summed E-state index contributed by atoms with van der Waals surface area (Å²) in [7, 11) is -1.53. The first kappa shape index (κ1) is 19.9. The van der Waals surface area contributed by atoms with Gasteiger partial charge in [-0.3, -0.25) is 4.79 Å². The second-order valence-electron chi connectivity index (χ2n) is 7.00. The van der Waals surface area contributed by atoms with Gasteiger partial charge >= 0.3 is 0 Å². The molecule has 5 nitrogen and oxygen atoms in total.